The van der Waals surface area contributed by atoms with E-state index in [2.05, 4.69) is 19.8 Å². The maximum atomic E-state index is 12.4. The van der Waals surface area contributed by atoms with E-state index in [0.29, 0.717) is 6.61 Å². The molecule has 0 unspecified atom stereocenters. The molecule has 0 saturated heterocycles. The lowest BCUT2D eigenvalue weighted by Crippen LogP contribution is -2.27. The standard InChI is InChI=1S/C18H19N5O3S/c1-23-17-13(11-20-23)10-19-18-15(17)9-16(22-18)12-4-3-5-14(8-12)27(24,25)21-6-7-26-2/h3-5,8-11,21H,6-7H2,1-2H3,(H,19,22). The molecule has 3 heterocycles. The first-order valence-corrected chi connectivity index (χ1v) is 9.86. The van der Waals surface area contributed by atoms with E-state index in [9.17, 15) is 8.42 Å². The molecule has 140 valence electrons. The van der Waals surface area contributed by atoms with Crippen molar-refractivity contribution in [2.24, 2.45) is 7.05 Å². The highest BCUT2D eigenvalue weighted by Crippen LogP contribution is 2.29. The maximum Gasteiger partial charge on any atom is 0.240 e. The number of nitrogens with zero attached hydrogens (tertiary/aromatic N) is 3. The number of sulfonamides is 1. The molecule has 4 rings (SSSR count). The number of benzene rings is 1. The van der Waals surface area contributed by atoms with Crippen molar-refractivity contribution in [2.45, 2.75) is 4.90 Å². The Hall–Kier alpha value is -2.75. The van der Waals surface area contributed by atoms with Crippen LogP contribution < -0.4 is 4.72 Å². The summed E-state index contributed by atoms with van der Waals surface area (Å²) in [6.45, 7) is 0.533. The van der Waals surface area contributed by atoms with Crippen LogP contribution in [0, 0.1) is 0 Å². The smallest absolute Gasteiger partial charge is 0.240 e. The number of aromatic amines is 1. The number of hydrogen-bond acceptors (Lipinski definition) is 5. The number of rotatable bonds is 6. The van der Waals surface area contributed by atoms with Crippen LogP contribution in [0.2, 0.25) is 0 Å². The number of H-pyrrole nitrogens is 1. The molecule has 0 atom stereocenters. The van der Waals surface area contributed by atoms with E-state index in [0.717, 1.165) is 33.2 Å². The van der Waals surface area contributed by atoms with E-state index in [-0.39, 0.29) is 11.4 Å². The van der Waals surface area contributed by atoms with E-state index in [1.54, 1.807) is 35.3 Å². The van der Waals surface area contributed by atoms with Gasteiger partial charge in [0, 0.05) is 43.4 Å². The Morgan fingerprint density at radius 1 is 1.26 bits per heavy atom. The number of hydrogen-bond donors (Lipinski definition) is 2. The Bertz CT molecular complexity index is 1230. The normalized spacial score (nSPS) is 12.2. The van der Waals surface area contributed by atoms with Gasteiger partial charge in [-0.25, -0.2) is 18.1 Å². The lowest BCUT2D eigenvalue weighted by atomic mass is 10.1. The van der Waals surface area contributed by atoms with Crippen LogP contribution in [-0.4, -0.2) is 48.4 Å². The van der Waals surface area contributed by atoms with E-state index in [1.807, 2.05) is 19.2 Å². The van der Waals surface area contributed by atoms with E-state index in [1.165, 1.54) is 7.11 Å². The minimum Gasteiger partial charge on any atom is -0.383 e. The lowest BCUT2D eigenvalue weighted by Gasteiger charge is -2.07. The van der Waals surface area contributed by atoms with Crippen LogP contribution in [0.4, 0.5) is 0 Å². The van der Waals surface area contributed by atoms with Crippen molar-refractivity contribution < 1.29 is 13.2 Å². The monoisotopic (exact) mass is 385 g/mol. The second-order valence-corrected chi connectivity index (χ2v) is 7.96. The van der Waals surface area contributed by atoms with Crippen molar-refractivity contribution in [3.8, 4) is 11.3 Å². The second-order valence-electron chi connectivity index (χ2n) is 6.19. The first kappa shape index (κ1) is 17.7. The van der Waals surface area contributed by atoms with Gasteiger partial charge >= 0.3 is 0 Å². The number of pyridine rings is 1. The van der Waals surface area contributed by atoms with Gasteiger partial charge in [0.15, 0.2) is 0 Å². The van der Waals surface area contributed by atoms with Crippen molar-refractivity contribution in [1.29, 1.82) is 0 Å². The Kier molecular flexibility index (Phi) is 4.42. The van der Waals surface area contributed by atoms with Crippen molar-refractivity contribution >= 4 is 32.0 Å². The summed E-state index contributed by atoms with van der Waals surface area (Å²) in [6.07, 6.45) is 3.54. The largest absolute Gasteiger partial charge is 0.383 e. The fraction of sp³-hybridized carbons (Fsp3) is 0.222. The molecule has 9 heteroatoms. The molecule has 0 bridgehead atoms. The van der Waals surface area contributed by atoms with Crippen molar-refractivity contribution in [1.82, 2.24) is 24.5 Å². The Balaban J connectivity index is 1.76. The highest BCUT2D eigenvalue weighted by molar-refractivity contribution is 7.89. The lowest BCUT2D eigenvalue weighted by molar-refractivity contribution is 0.204. The number of ether oxygens (including phenoxy) is 1. The van der Waals surface area contributed by atoms with Gasteiger partial charge in [-0.1, -0.05) is 12.1 Å². The molecular formula is C18H19N5O3S. The predicted molar refractivity (Wildman–Crippen MR) is 103 cm³/mol. The van der Waals surface area contributed by atoms with Crippen LogP contribution in [-0.2, 0) is 21.8 Å². The predicted octanol–water partition coefficient (Wildman–Crippen LogP) is 2.04. The molecule has 0 radical (unpaired) electrons. The quantitative estimate of drug-likeness (QED) is 0.495. The summed E-state index contributed by atoms with van der Waals surface area (Å²) in [5.74, 6) is 0. The molecule has 0 fully saturated rings. The van der Waals surface area contributed by atoms with E-state index < -0.39 is 10.0 Å². The summed E-state index contributed by atoms with van der Waals surface area (Å²) in [5.41, 5.74) is 3.26. The van der Waals surface area contributed by atoms with E-state index in [4.69, 9.17) is 4.74 Å². The van der Waals surface area contributed by atoms with Crippen LogP contribution in [0.5, 0.6) is 0 Å². The van der Waals surface area contributed by atoms with Crippen molar-refractivity contribution in [2.75, 3.05) is 20.3 Å². The molecule has 0 aliphatic heterocycles. The molecule has 4 aromatic rings. The molecule has 0 saturated carbocycles. The molecule has 0 aliphatic rings. The number of methoxy groups -OCH3 is 1. The summed E-state index contributed by atoms with van der Waals surface area (Å²) in [5, 5.41) is 6.17. The van der Waals surface area contributed by atoms with Gasteiger partial charge < -0.3 is 9.72 Å². The molecular weight excluding hydrogens is 366 g/mol. The number of fused-ring (bicyclic) bond motifs is 3. The fourth-order valence-electron chi connectivity index (χ4n) is 3.09. The summed E-state index contributed by atoms with van der Waals surface area (Å²) in [6, 6.07) is 8.76. The van der Waals surface area contributed by atoms with Crippen LogP contribution in [0.25, 0.3) is 33.2 Å². The summed E-state index contributed by atoms with van der Waals surface area (Å²) in [4.78, 5) is 7.90. The van der Waals surface area contributed by atoms with Crippen molar-refractivity contribution in [3.05, 3.63) is 42.7 Å². The molecule has 1 aromatic carbocycles. The topological polar surface area (TPSA) is 102 Å². The zero-order valence-corrected chi connectivity index (χ0v) is 15.7. The van der Waals surface area contributed by atoms with Crippen LogP contribution in [0.3, 0.4) is 0 Å². The summed E-state index contributed by atoms with van der Waals surface area (Å²) < 4.78 is 34.1. The van der Waals surface area contributed by atoms with Crippen molar-refractivity contribution in [3.63, 3.8) is 0 Å². The fourth-order valence-corrected chi connectivity index (χ4v) is 4.15. The van der Waals surface area contributed by atoms with Gasteiger partial charge in [0.05, 0.1) is 23.2 Å². The average Bonchev–Trinajstić information content (AvgIpc) is 3.25. The van der Waals surface area contributed by atoms with Gasteiger partial charge in [0.25, 0.3) is 0 Å². The molecule has 0 spiro atoms. The summed E-state index contributed by atoms with van der Waals surface area (Å²) >= 11 is 0. The first-order chi connectivity index (χ1) is 13.0. The summed E-state index contributed by atoms with van der Waals surface area (Å²) in [7, 11) is -0.191. The number of nitrogens with one attached hydrogen (secondary N) is 2. The minimum atomic E-state index is -3.60. The highest BCUT2D eigenvalue weighted by atomic mass is 32.2. The van der Waals surface area contributed by atoms with Gasteiger partial charge in [-0.3, -0.25) is 4.68 Å². The first-order valence-electron chi connectivity index (χ1n) is 8.38. The Labute approximate surface area is 156 Å². The third-order valence-electron chi connectivity index (χ3n) is 4.41. The van der Waals surface area contributed by atoms with Gasteiger partial charge in [-0.15, -0.1) is 0 Å². The van der Waals surface area contributed by atoms with Crippen LogP contribution in [0.15, 0.2) is 47.6 Å². The zero-order chi connectivity index (χ0) is 19.0. The molecule has 8 nitrogen and oxygen atoms in total. The average molecular weight is 385 g/mol. The van der Waals surface area contributed by atoms with Crippen LogP contribution >= 0.6 is 0 Å². The second kappa shape index (κ2) is 6.76. The van der Waals surface area contributed by atoms with Crippen LogP contribution in [0.1, 0.15) is 0 Å². The molecule has 0 amide bonds. The third-order valence-corrected chi connectivity index (χ3v) is 5.86. The molecule has 3 aromatic heterocycles. The van der Waals surface area contributed by atoms with E-state index >= 15 is 0 Å². The Morgan fingerprint density at radius 2 is 2.11 bits per heavy atom. The maximum absolute atomic E-state index is 12.4. The molecule has 0 aliphatic carbocycles. The minimum absolute atomic E-state index is 0.202. The molecule has 2 N–H and O–H groups in total. The van der Waals surface area contributed by atoms with Gasteiger partial charge in [0.1, 0.15) is 5.65 Å². The Morgan fingerprint density at radius 3 is 2.93 bits per heavy atom. The third kappa shape index (κ3) is 3.20. The highest BCUT2D eigenvalue weighted by Gasteiger charge is 2.16. The van der Waals surface area contributed by atoms with Gasteiger partial charge in [0.2, 0.25) is 10.0 Å². The number of aromatic nitrogens is 4. The molecule has 27 heavy (non-hydrogen) atoms. The van der Waals surface area contributed by atoms with Gasteiger partial charge in [-0.05, 0) is 23.8 Å². The SMILES string of the molecule is COCCNS(=O)(=O)c1cccc(-c2cc3c(ncc4cnn(C)c43)[nH]2)c1. The zero-order valence-electron chi connectivity index (χ0n) is 14.9. The van der Waals surface area contributed by atoms with Gasteiger partial charge in [-0.2, -0.15) is 5.10 Å². The number of aryl methyl sites for hydroxylation is 1.